The molecule has 0 spiro atoms. The van der Waals surface area contributed by atoms with Crippen LogP contribution in [0.15, 0.2) is 46.7 Å². The average molecular weight is 423 g/mol. The number of amides is 1. The van der Waals surface area contributed by atoms with Gasteiger partial charge in [-0.15, -0.1) is 11.3 Å². The van der Waals surface area contributed by atoms with Gasteiger partial charge < -0.3 is 10.1 Å². The summed E-state index contributed by atoms with van der Waals surface area (Å²) in [5.74, 6) is -1.08. The Morgan fingerprint density at radius 3 is 2.46 bits per heavy atom. The molecule has 1 aliphatic heterocycles. The van der Waals surface area contributed by atoms with Crippen LogP contribution in [-0.4, -0.2) is 44.3 Å². The van der Waals surface area contributed by atoms with Crippen molar-refractivity contribution in [3.8, 4) is 0 Å². The van der Waals surface area contributed by atoms with Crippen LogP contribution in [0, 0.1) is 0 Å². The quantitative estimate of drug-likeness (QED) is 0.693. The summed E-state index contributed by atoms with van der Waals surface area (Å²) in [6.07, 6.45) is 1.72. The molecule has 9 heteroatoms. The second kappa shape index (κ2) is 8.85. The minimum absolute atomic E-state index is 0.147. The summed E-state index contributed by atoms with van der Waals surface area (Å²) in [6, 6.07) is 9.23. The molecule has 1 aliphatic rings. The Morgan fingerprint density at radius 1 is 1.18 bits per heavy atom. The highest BCUT2D eigenvalue weighted by Crippen LogP contribution is 2.21. The molecule has 2 heterocycles. The van der Waals surface area contributed by atoms with E-state index in [1.54, 1.807) is 0 Å². The Bertz CT molecular complexity index is 918. The van der Waals surface area contributed by atoms with Gasteiger partial charge in [-0.05, 0) is 55.5 Å². The highest BCUT2D eigenvalue weighted by molar-refractivity contribution is 7.89. The lowest BCUT2D eigenvalue weighted by Gasteiger charge is -2.15. The highest BCUT2D eigenvalue weighted by atomic mass is 32.2. The van der Waals surface area contributed by atoms with Crippen LogP contribution >= 0.6 is 11.3 Å². The van der Waals surface area contributed by atoms with Gasteiger partial charge in [-0.3, -0.25) is 4.79 Å². The number of carbonyl (C=O) groups excluding carboxylic acids is 2. The predicted octanol–water partition coefficient (Wildman–Crippen LogP) is 2.57. The molecule has 0 saturated carbocycles. The summed E-state index contributed by atoms with van der Waals surface area (Å²) in [5.41, 5.74) is 0.194. The minimum atomic E-state index is -3.52. The van der Waals surface area contributed by atoms with Crippen LogP contribution in [0.25, 0.3) is 0 Å². The maximum atomic E-state index is 12.5. The van der Waals surface area contributed by atoms with Gasteiger partial charge in [-0.25, -0.2) is 13.2 Å². The van der Waals surface area contributed by atoms with Gasteiger partial charge in [0.25, 0.3) is 5.91 Å². The van der Waals surface area contributed by atoms with E-state index in [0.29, 0.717) is 13.1 Å². The van der Waals surface area contributed by atoms with E-state index in [4.69, 9.17) is 4.74 Å². The van der Waals surface area contributed by atoms with Crippen molar-refractivity contribution in [1.29, 1.82) is 0 Å². The molecule has 0 aliphatic carbocycles. The Labute approximate surface area is 168 Å². The average Bonchev–Trinajstić information content (AvgIpc) is 3.40. The molecule has 28 heavy (non-hydrogen) atoms. The first-order chi connectivity index (χ1) is 13.4. The molecular weight excluding hydrogens is 400 g/mol. The van der Waals surface area contributed by atoms with Crippen LogP contribution < -0.4 is 5.32 Å². The van der Waals surface area contributed by atoms with Crippen LogP contribution in [0.2, 0.25) is 0 Å². The molecule has 0 unspecified atom stereocenters. The summed E-state index contributed by atoms with van der Waals surface area (Å²) in [5, 5.41) is 4.68. The molecule has 7 nitrogen and oxygen atoms in total. The molecule has 1 saturated heterocycles. The van der Waals surface area contributed by atoms with Gasteiger partial charge in [0.1, 0.15) is 0 Å². The fraction of sp³-hybridized carbons (Fsp3) is 0.368. The molecule has 0 radical (unpaired) electrons. The second-order valence-corrected chi connectivity index (χ2v) is 9.43. The molecule has 0 bridgehead atoms. The van der Waals surface area contributed by atoms with Crippen molar-refractivity contribution < 1.29 is 22.7 Å². The van der Waals surface area contributed by atoms with Crippen molar-refractivity contribution in [1.82, 2.24) is 9.62 Å². The molecule has 3 rings (SSSR count). The molecular formula is C19H22N2O5S2. The van der Waals surface area contributed by atoms with Gasteiger partial charge in [0, 0.05) is 18.0 Å². The number of esters is 1. The SMILES string of the molecule is C[C@@H](NC(=O)COC(=O)c1ccc(S(=O)(=O)N2CCCC2)cc1)c1cccs1. The van der Waals surface area contributed by atoms with E-state index in [9.17, 15) is 18.0 Å². The number of hydrogen-bond donors (Lipinski definition) is 1. The summed E-state index contributed by atoms with van der Waals surface area (Å²) in [6.45, 7) is 2.49. The largest absolute Gasteiger partial charge is 0.452 e. The first kappa shape index (κ1) is 20.5. The van der Waals surface area contributed by atoms with Crippen LogP contribution in [0.3, 0.4) is 0 Å². The van der Waals surface area contributed by atoms with E-state index in [1.807, 2.05) is 24.4 Å². The zero-order valence-electron chi connectivity index (χ0n) is 15.5. The van der Waals surface area contributed by atoms with Crippen molar-refractivity contribution in [2.24, 2.45) is 0 Å². The number of nitrogens with one attached hydrogen (secondary N) is 1. The van der Waals surface area contributed by atoms with E-state index < -0.39 is 28.5 Å². The lowest BCUT2D eigenvalue weighted by Crippen LogP contribution is -2.30. The zero-order valence-corrected chi connectivity index (χ0v) is 17.1. The number of ether oxygens (including phenoxy) is 1. The monoisotopic (exact) mass is 422 g/mol. The smallest absolute Gasteiger partial charge is 0.338 e. The lowest BCUT2D eigenvalue weighted by atomic mass is 10.2. The van der Waals surface area contributed by atoms with Crippen molar-refractivity contribution in [2.45, 2.75) is 30.7 Å². The fourth-order valence-electron chi connectivity index (χ4n) is 2.95. The number of rotatable bonds is 7. The molecule has 1 fully saturated rings. The van der Waals surface area contributed by atoms with Gasteiger partial charge in [0.15, 0.2) is 6.61 Å². The standard InChI is InChI=1S/C19H22N2O5S2/c1-14(17-5-4-12-27-17)20-18(22)13-26-19(23)15-6-8-16(9-7-15)28(24,25)21-10-2-3-11-21/h4-9,12,14H,2-3,10-11,13H2,1H3,(H,20,22)/t14-/m1/s1. The topological polar surface area (TPSA) is 92.8 Å². The van der Waals surface area contributed by atoms with E-state index in [2.05, 4.69) is 5.32 Å². The fourth-order valence-corrected chi connectivity index (χ4v) is 5.20. The molecule has 1 atom stereocenters. The van der Waals surface area contributed by atoms with E-state index in [1.165, 1.54) is 39.9 Å². The van der Waals surface area contributed by atoms with Crippen molar-refractivity contribution in [2.75, 3.05) is 19.7 Å². The predicted molar refractivity (Wildman–Crippen MR) is 106 cm³/mol. The third-order valence-electron chi connectivity index (χ3n) is 4.47. The van der Waals surface area contributed by atoms with Crippen LogP contribution in [0.1, 0.15) is 41.0 Å². The number of nitrogens with zero attached hydrogens (tertiary/aromatic N) is 1. The van der Waals surface area contributed by atoms with E-state index in [-0.39, 0.29) is 16.5 Å². The normalized spacial score (nSPS) is 15.9. The van der Waals surface area contributed by atoms with Gasteiger partial charge in [-0.1, -0.05) is 6.07 Å². The molecule has 1 aromatic heterocycles. The Morgan fingerprint density at radius 2 is 1.86 bits per heavy atom. The first-order valence-corrected chi connectivity index (χ1v) is 11.3. The second-order valence-electron chi connectivity index (χ2n) is 6.52. The Kier molecular flexibility index (Phi) is 6.48. The Hall–Kier alpha value is -2.23. The maximum absolute atomic E-state index is 12.5. The number of benzene rings is 1. The van der Waals surface area contributed by atoms with E-state index >= 15 is 0 Å². The number of carbonyl (C=O) groups is 2. The summed E-state index contributed by atoms with van der Waals surface area (Å²) in [7, 11) is -3.52. The number of hydrogen-bond acceptors (Lipinski definition) is 6. The van der Waals surface area contributed by atoms with Gasteiger partial charge in [0.2, 0.25) is 10.0 Å². The van der Waals surface area contributed by atoms with Crippen molar-refractivity contribution in [3.05, 3.63) is 52.2 Å². The van der Waals surface area contributed by atoms with Gasteiger partial charge in [0.05, 0.1) is 16.5 Å². The molecule has 1 aromatic carbocycles. The molecule has 1 amide bonds. The third kappa shape index (κ3) is 4.78. The van der Waals surface area contributed by atoms with Crippen molar-refractivity contribution >= 4 is 33.2 Å². The number of sulfonamides is 1. The summed E-state index contributed by atoms with van der Waals surface area (Å²) in [4.78, 5) is 25.2. The Balaban J connectivity index is 1.54. The van der Waals surface area contributed by atoms with Gasteiger partial charge in [-0.2, -0.15) is 4.31 Å². The van der Waals surface area contributed by atoms with Crippen LogP contribution in [0.4, 0.5) is 0 Å². The van der Waals surface area contributed by atoms with Crippen LogP contribution in [0.5, 0.6) is 0 Å². The summed E-state index contributed by atoms with van der Waals surface area (Å²) < 4.78 is 31.4. The molecule has 2 aromatic rings. The van der Waals surface area contributed by atoms with Crippen molar-refractivity contribution in [3.63, 3.8) is 0 Å². The summed E-state index contributed by atoms with van der Waals surface area (Å²) >= 11 is 1.53. The lowest BCUT2D eigenvalue weighted by molar-refractivity contribution is -0.124. The van der Waals surface area contributed by atoms with Gasteiger partial charge >= 0.3 is 5.97 Å². The zero-order chi connectivity index (χ0) is 20.1. The molecule has 150 valence electrons. The van der Waals surface area contributed by atoms with E-state index in [0.717, 1.165) is 17.7 Å². The first-order valence-electron chi connectivity index (χ1n) is 8.98. The maximum Gasteiger partial charge on any atom is 0.338 e. The minimum Gasteiger partial charge on any atom is -0.452 e. The number of thiophene rings is 1. The molecule has 1 N–H and O–H groups in total. The highest BCUT2D eigenvalue weighted by Gasteiger charge is 2.27. The van der Waals surface area contributed by atoms with Crippen LogP contribution in [-0.2, 0) is 19.6 Å². The third-order valence-corrected chi connectivity index (χ3v) is 7.44.